The number of carbonyl (C=O) groups is 1. The first-order valence-corrected chi connectivity index (χ1v) is 14.2. The van der Waals surface area contributed by atoms with Crippen molar-refractivity contribution in [1.82, 2.24) is 29.5 Å². The van der Waals surface area contributed by atoms with Crippen LogP contribution in [0.15, 0.2) is 67.3 Å². The number of hydrogen-bond acceptors (Lipinski definition) is 5. The number of benzene rings is 1. The Labute approximate surface area is 252 Å². The number of rotatable bonds is 10. The monoisotopic (exact) mass is 625 g/mol. The molecule has 232 valence electrons. The number of aromatic nitrogens is 5. The van der Waals surface area contributed by atoms with E-state index in [9.17, 15) is 18.0 Å². The van der Waals surface area contributed by atoms with Gasteiger partial charge in [0.25, 0.3) is 5.92 Å². The number of pyridine rings is 2. The first-order valence-electron chi connectivity index (χ1n) is 14.2. The minimum Gasteiger partial charge on any atom is -0.350 e. The van der Waals surface area contributed by atoms with Crippen LogP contribution in [0.1, 0.15) is 53.5 Å². The van der Waals surface area contributed by atoms with Gasteiger partial charge in [-0.3, -0.25) is 14.5 Å². The van der Waals surface area contributed by atoms with E-state index in [4.69, 9.17) is 0 Å². The van der Waals surface area contributed by atoms with Crippen molar-refractivity contribution in [3.63, 3.8) is 0 Å². The van der Waals surface area contributed by atoms with Crippen LogP contribution in [0.2, 0.25) is 0 Å². The third-order valence-corrected chi connectivity index (χ3v) is 8.51. The zero-order valence-corrected chi connectivity index (χ0v) is 23.6. The third-order valence-electron chi connectivity index (χ3n) is 8.51. The fourth-order valence-corrected chi connectivity index (χ4v) is 6.41. The maximum absolute atomic E-state index is 15.8. The second-order valence-corrected chi connectivity index (χ2v) is 11.2. The van der Waals surface area contributed by atoms with Crippen molar-refractivity contribution < 1.29 is 31.2 Å². The molecule has 3 unspecified atom stereocenters. The Morgan fingerprint density at radius 1 is 1.18 bits per heavy atom. The van der Waals surface area contributed by atoms with Gasteiger partial charge in [0.1, 0.15) is 17.2 Å². The molecule has 2 aliphatic rings. The molecule has 0 aliphatic heterocycles. The number of nitrogens with one attached hydrogen (secondary N) is 1. The minimum absolute atomic E-state index is 0.00565. The van der Waals surface area contributed by atoms with Gasteiger partial charge in [-0.15, -0.1) is 5.12 Å². The molecule has 5 aromatic rings. The average Bonchev–Trinajstić information content (AvgIpc) is 3.41. The van der Waals surface area contributed by atoms with Gasteiger partial charge >= 0.3 is 6.05 Å². The number of imidazole rings is 1. The number of carbonyl (C=O) groups excluding carboxylic acids is 1. The first-order chi connectivity index (χ1) is 21.5. The maximum atomic E-state index is 15.8. The fourth-order valence-electron chi connectivity index (χ4n) is 6.41. The molecule has 1 fully saturated rings. The zero-order valence-electron chi connectivity index (χ0n) is 23.6. The molecule has 3 atom stereocenters. The molecule has 1 aromatic carbocycles. The number of halogens is 6. The van der Waals surface area contributed by atoms with Crippen molar-refractivity contribution in [1.29, 1.82) is 0 Å². The largest absolute Gasteiger partial charge is 0.396 e. The summed E-state index contributed by atoms with van der Waals surface area (Å²) in [6, 6.07) is 4.39. The third kappa shape index (κ3) is 4.61. The average molecular weight is 626 g/mol. The SMILES string of the molecule is CCn1nc(C(F)(F)N(F)c2cc(F)cc(CC(NC=O)c3ncccc3-c3ccc4nccn4c3)c2)c2c1C(F)(F)C1CC21. The molecule has 4 aromatic heterocycles. The van der Waals surface area contributed by atoms with Gasteiger partial charge in [0.2, 0.25) is 6.41 Å². The van der Waals surface area contributed by atoms with Crippen LogP contribution in [-0.2, 0) is 29.7 Å². The molecular formula is C31H25F6N7O. The van der Waals surface area contributed by atoms with Crippen LogP contribution in [0.4, 0.5) is 32.1 Å². The Bertz CT molecular complexity index is 1940. The molecule has 0 saturated heterocycles. The van der Waals surface area contributed by atoms with E-state index >= 15 is 13.3 Å². The second-order valence-electron chi connectivity index (χ2n) is 11.2. The Hall–Kier alpha value is -4.88. The van der Waals surface area contributed by atoms with E-state index in [1.54, 1.807) is 35.0 Å². The van der Waals surface area contributed by atoms with Gasteiger partial charge in [0, 0.05) is 60.0 Å². The number of hydrogen-bond donors (Lipinski definition) is 1. The van der Waals surface area contributed by atoms with Gasteiger partial charge in [0.15, 0.2) is 5.69 Å². The topological polar surface area (TPSA) is 80.3 Å². The number of aryl methyl sites for hydroxylation is 1. The Kier molecular flexibility index (Phi) is 6.64. The molecule has 2 aliphatic carbocycles. The highest BCUT2D eigenvalue weighted by Gasteiger charge is 2.68. The molecule has 14 heteroatoms. The summed E-state index contributed by atoms with van der Waals surface area (Å²) in [5.41, 5.74) is -0.353. The van der Waals surface area contributed by atoms with Gasteiger partial charge in [-0.1, -0.05) is 10.5 Å². The summed E-state index contributed by atoms with van der Waals surface area (Å²) in [5.74, 6) is -6.33. The van der Waals surface area contributed by atoms with Crippen LogP contribution in [0, 0.1) is 11.7 Å². The Morgan fingerprint density at radius 3 is 2.78 bits per heavy atom. The molecule has 0 radical (unpaired) electrons. The summed E-state index contributed by atoms with van der Waals surface area (Å²) in [6.45, 7) is 1.37. The van der Waals surface area contributed by atoms with Crippen LogP contribution in [0.25, 0.3) is 16.8 Å². The molecule has 8 nitrogen and oxygen atoms in total. The van der Waals surface area contributed by atoms with Crippen LogP contribution < -0.4 is 10.4 Å². The lowest BCUT2D eigenvalue weighted by Crippen LogP contribution is -2.34. The summed E-state index contributed by atoms with van der Waals surface area (Å²) in [7, 11) is 0. The summed E-state index contributed by atoms with van der Waals surface area (Å²) < 4.78 is 94.3. The molecule has 1 saturated carbocycles. The van der Waals surface area contributed by atoms with Crippen molar-refractivity contribution in [3.05, 3.63) is 101 Å². The van der Waals surface area contributed by atoms with Gasteiger partial charge in [-0.25, -0.2) is 9.37 Å². The Balaban J connectivity index is 1.22. The van der Waals surface area contributed by atoms with Gasteiger partial charge in [-0.05, 0) is 61.6 Å². The van der Waals surface area contributed by atoms with Crippen molar-refractivity contribution in [2.24, 2.45) is 5.92 Å². The lowest BCUT2D eigenvalue weighted by Gasteiger charge is -2.25. The predicted octanol–water partition coefficient (Wildman–Crippen LogP) is 6.43. The summed E-state index contributed by atoms with van der Waals surface area (Å²) >= 11 is 0. The summed E-state index contributed by atoms with van der Waals surface area (Å²) in [4.78, 5) is 20.3. The van der Waals surface area contributed by atoms with Crippen LogP contribution >= 0.6 is 0 Å². The van der Waals surface area contributed by atoms with Crippen molar-refractivity contribution in [2.75, 3.05) is 5.12 Å². The second kappa shape index (κ2) is 10.3. The minimum atomic E-state index is -4.48. The van der Waals surface area contributed by atoms with E-state index in [2.05, 4.69) is 20.4 Å². The van der Waals surface area contributed by atoms with Gasteiger partial charge in [0.05, 0.1) is 17.4 Å². The van der Waals surface area contributed by atoms with E-state index in [0.29, 0.717) is 29.4 Å². The highest BCUT2D eigenvalue weighted by molar-refractivity contribution is 5.68. The van der Waals surface area contributed by atoms with Gasteiger partial charge in [-0.2, -0.15) is 22.7 Å². The summed E-state index contributed by atoms with van der Waals surface area (Å²) in [5, 5.41) is 5.41. The molecule has 0 spiro atoms. The number of amides is 1. The molecule has 45 heavy (non-hydrogen) atoms. The van der Waals surface area contributed by atoms with E-state index in [1.165, 1.54) is 13.1 Å². The number of fused-ring (bicyclic) bond motifs is 4. The van der Waals surface area contributed by atoms with E-state index in [0.717, 1.165) is 22.4 Å². The van der Waals surface area contributed by atoms with Crippen molar-refractivity contribution in [2.45, 2.75) is 50.2 Å². The Morgan fingerprint density at radius 2 is 2.00 bits per heavy atom. The van der Waals surface area contributed by atoms with E-state index < -0.39 is 57.9 Å². The highest BCUT2D eigenvalue weighted by atomic mass is 19.3. The van der Waals surface area contributed by atoms with Crippen molar-refractivity contribution in [3.8, 4) is 11.1 Å². The maximum Gasteiger partial charge on any atom is 0.396 e. The molecule has 1 amide bonds. The van der Waals surface area contributed by atoms with E-state index in [-0.39, 0.29) is 30.5 Å². The normalized spacial score (nSPS) is 18.8. The number of anilines is 1. The highest BCUT2D eigenvalue weighted by Crippen LogP contribution is 2.68. The molecule has 1 N–H and O–H groups in total. The van der Waals surface area contributed by atoms with Crippen LogP contribution in [-0.4, -0.2) is 30.6 Å². The summed E-state index contributed by atoms with van der Waals surface area (Å²) in [6.07, 6.45) is 7.03. The smallest absolute Gasteiger partial charge is 0.350 e. The van der Waals surface area contributed by atoms with Crippen LogP contribution in [0.5, 0.6) is 0 Å². The number of nitrogens with zero attached hydrogens (tertiary/aromatic N) is 6. The number of alkyl halides is 4. The molecule has 0 bridgehead atoms. The standard InChI is InChI=1S/C31H25F6N7O/c1-2-43-29-26(22-14-23(22)30(29,33)34)28(41-43)31(35,36)44(37)20-11-17(10-19(32)13-20)12-24(40-16-45)27-21(4-3-7-39-27)18-5-6-25-38-8-9-42(25)15-18/h3-11,13,15-16,22-24H,2,12,14H2,1H3,(H,40,45). The van der Waals surface area contributed by atoms with E-state index in [1.807, 2.05) is 12.3 Å². The molecule has 7 rings (SSSR count). The van der Waals surface area contributed by atoms with Crippen LogP contribution in [0.3, 0.4) is 0 Å². The first kappa shape index (κ1) is 28.9. The lowest BCUT2D eigenvalue weighted by molar-refractivity contribution is -0.110. The van der Waals surface area contributed by atoms with Crippen molar-refractivity contribution >= 4 is 17.7 Å². The quantitative estimate of drug-likeness (QED) is 0.0838. The lowest BCUT2D eigenvalue weighted by atomic mass is 9.96. The predicted molar refractivity (Wildman–Crippen MR) is 151 cm³/mol. The fraction of sp³-hybridized carbons (Fsp3) is 0.290. The van der Waals surface area contributed by atoms with Gasteiger partial charge < -0.3 is 9.72 Å². The molecular weight excluding hydrogens is 600 g/mol. The molecule has 4 heterocycles. The zero-order chi connectivity index (χ0) is 31.7.